The van der Waals surface area contributed by atoms with Crippen LogP contribution in [-0.4, -0.2) is 37.6 Å². The minimum Gasteiger partial charge on any atom is -0.486 e. The first-order valence-electron chi connectivity index (χ1n) is 8.48. The Morgan fingerprint density at radius 1 is 1.07 bits per heavy atom. The van der Waals surface area contributed by atoms with Crippen molar-refractivity contribution >= 4 is 17.5 Å². The lowest BCUT2D eigenvalue weighted by atomic mass is 10.1. The normalized spacial score (nSPS) is 18.5. The highest BCUT2D eigenvalue weighted by atomic mass is 19.1. The predicted octanol–water partition coefficient (Wildman–Crippen LogP) is 2.27. The molecule has 1 fully saturated rings. The van der Waals surface area contributed by atoms with Crippen molar-refractivity contribution in [1.29, 1.82) is 0 Å². The van der Waals surface area contributed by atoms with E-state index in [4.69, 9.17) is 9.47 Å². The smallest absolute Gasteiger partial charge is 0.257 e. The van der Waals surface area contributed by atoms with Crippen LogP contribution in [0, 0.1) is 11.6 Å². The van der Waals surface area contributed by atoms with Crippen LogP contribution in [0.1, 0.15) is 16.8 Å². The summed E-state index contributed by atoms with van der Waals surface area (Å²) in [5.41, 5.74) is -0.0409. The van der Waals surface area contributed by atoms with Crippen LogP contribution in [0.3, 0.4) is 0 Å². The summed E-state index contributed by atoms with van der Waals surface area (Å²) in [6.07, 6.45) is 0.0379. The Labute approximate surface area is 153 Å². The number of carbonyl (C=O) groups excluding carboxylic acids is 2. The molecule has 2 heterocycles. The Balaban J connectivity index is 1.49. The fourth-order valence-electron chi connectivity index (χ4n) is 3.23. The van der Waals surface area contributed by atoms with Crippen LogP contribution in [-0.2, 0) is 4.79 Å². The van der Waals surface area contributed by atoms with Gasteiger partial charge in [-0.05, 0) is 24.3 Å². The van der Waals surface area contributed by atoms with E-state index in [0.29, 0.717) is 30.4 Å². The molecule has 0 saturated carbocycles. The third kappa shape index (κ3) is 3.30. The van der Waals surface area contributed by atoms with Crippen molar-refractivity contribution in [2.24, 2.45) is 0 Å². The number of nitrogens with zero attached hydrogens (tertiary/aromatic N) is 1. The van der Waals surface area contributed by atoms with E-state index in [1.165, 1.54) is 11.0 Å². The predicted molar refractivity (Wildman–Crippen MR) is 92.0 cm³/mol. The number of rotatable bonds is 3. The molecule has 0 aromatic heterocycles. The number of benzene rings is 2. The molecule has 4 rings (SSSR count). The molecule has 0 radical (unpaired) electrons. The molecule has 0 spiro atoms. The molecule has 0 aliphatic carbocycles. The average Bonchev–Trinajstić information content (AvgIpc) is 3.01. The highest BCUT2D eigenvalue weighted by molar-refractivity contribution is 5.99. The lowest BCUT2D eigenvalue weighted by Gasteiger charge is -2.22. The Kier molecular flexibility index (Phi) is 4.39. The van der Waals surface area contributed by atoms with Crippen LogP contribution in [0.25, 0.3) is 0 Å². The van der Waals surface area contributed by atoms with Gasteiger partial charge in [0.25, 0.3) is 5.91 Å². The maximum Gasteiger partial charge on any atom is 0.257 e. The van der Waals surface area contributed by atoms with Gasteiger partial charge in [0.15, 0.2) is 11.5 Å². The van der Waals surface area contributed by atoms with E-state index in [9.17, 15) is 18.4 Å². The van der Waals surface area contributed by atoms with E-state index in [2.05, 4.69) is 5.32 Å². The van der Waals surface area contributed by atoms with Gasteiger partial charge >= 0.3 is 0 Å². The third-order valence-corrected chi connectivity index (χ3v) is 4.49. The third-order valence-electron chi connectivity index (χ3n) is 4.49. The molecule has 2 amide bonds. The molecule has 1 saturated heterocycles. The van der Waals surface area contributed by atoms with Crippen LogP contribution in [0.15, 0.2) is 36.4 Å². The van der Waals surface area contributed by atoms with Crippen LogP contribution >= 0.6 is 0 Å². The van der Waals surface area contributed by atoms with Crippen molar-refractivity contribution in [2.45, 2.75) is 12.5 Å². The first kappa shape index (κ1) is 17.3. The summed E-state index contributed by atoms with van der Waals surface area (Å²) in [4.78, 5) is 26.1. The first-order valence-corrected chi connectivity index (χ1v) is 8.48. The molecule has 8 heteroatoms. The standard InChI is InChI=1S/C19H16F2N2O4/c20-13-2-1-3-14(21)18(13)19(25)22-11-8-17(24)23(10-11)12-4-5-15-16(9-12)27-7-6-26-15/h1-5,9,11H,6-8,10H2,(H,22,25)/t11-/m1/s1. The van der Waals surface area contributed by atoms with Crippen molar-refractivity contribution in [2.75, 3.05) is 24.7 Å². The van der Waals surface area contributed by atoms with E-state index < -0.39 is 29.1 Å². The molecule has 6 nitrogen and oxygen atoms in total. The summed E-state index contributed by atoms with van der Waals surface area (Å²) in [5.74, 6) is -1.82. The number of amides is 2. The van der Waals surface area contributed by atoms with Gasteiger partial charge in [-0.25, -0.2) is 8.78 Å². The summed E-state index contributed by atoms with van der Waals surface area (Å²) in [6, 6.07) is 7.80. The van der Waals surface area contributed by atoms with Gasteiger partial charge in [-0.15, -0.1) is 0 Å². The van der Waals surface area contributed by atoms with Crippen LogP contribution in [0.2, 0.25) is 0 Å². The number of carbonyl (C=O) groups is 2. The van der Waals surface area contributed by atoms with Crippen molar-refractivity contribution in [3.63, 3.8) is 0 Å². The quantitative estimate of drug-likeness (QED) is 0.895. The number of anilines is 1. The van der Waals surface area contributed by atoms with Gasteiger partial charge in [-0.2, -0.15) is 0 Å². The number of halogens is 2. The SMILES string of the molecule is O=C(N[C@@H]1CC(=O)N(c2ccc3c(c2)OCCO3)C1)c1c(F)cccc1F. The summed E-state index contributed by atoms with van der Waals surface area (Å²) in [5, 5.41) is 2.53. The van der Waals surface area contributed by atoms with E-state index >= 15 is 0 Å². The topological polar surface area (TPSA) is 67.9 Å². The van der Waals surface area contributed by atoms with E-state index in [0.717, 1.165) is 12.1 Å². The number of hydrogen-bond donors (Lipinski definition) is 1. The lowest BCUT2D eigenvalue weighted by molar-refractivity contribution is -0.117. The van der Waals surface area contributed by atoms with Gasteiger partial charge in [-0.3, -0.25) is 9.59 Å². The summed E-state index contributed by atoms with van der Waals surface area (Å²) < 4.78 is 38.5. The second-order valence-corrected chi connectivity index (χ2v) is 6.30. The zero-order valence-corrected chi connectivity index (χ0v) is 14.2. The van der Waals surface area contributed by atoms with Crippen LogP contribution in [0.4, 0.5) is 14.5 Å². The van der Waals surface area contributed by atoms with Gasteiger partial charge in [0.2, 0.25) is 5.91 Å². The van der Waals surface area contributed by atoms with Crippen molar-refractivity contribution in [1.82, 2.24) is 5.32 Å². The molecule has 0 unspecified atom stereocenters. The Bertz CT molecular complexity index is 898. The lowest BCUT2D eigenvalue weighted by Crippen LogP contribution is -2.38. The number of nitrogens with one attached hydrogen (secondary N) is 1. The van der Waals surface area contributed by atoms with Crippen molar-refractivity contribution in [3.05, 3.63) is 53.6 Å². The van der Waals surface area contributed by atoms with Crippen LogP contribution in [0.5, 0.6) is 11.5 Å². The molecular weight excluding hydrogens is 358 g/mol. The Morgan fingerprint density at radius 2 is 1.78 bits per heavy atom. The van der Waals surface area contributed by atoms with E-state index in [1.807, 2.05) is 0 Å². The largest absolute Gasteiger partial charge is 0.486 e. The maximum absolute atomic E-state index is 13.7. The van der Waals surface area contributed by atoms with Crippen molar-refractivity contribution < 1.29 is 27.8 Å². The molecule has 2 aliphatic heterocycles. The maximum atomic E-state index is 13.7. The number of fused-ring (bicyclic) bond motifs is 1. The zero-order chi connectivity index (χ0) is 19.0. The highest BCUT2D eigenvalue weighted by Crippen LogP contribution is 2.35. The van der Waals surface area contributed by atoms with Gasteiger partial charge in [0, 0.05) is 24.7 Å². The molecule has 1 atom stereocenters. The summed E-state index contributed by atoms with van der Waals surface area (Å²) in [7, 11) is 0. The van der Waals surface area contributed by atoms with Crippen LogP contribution < -0.4 is 19.7 Å². The molecule has 2 aromatic rings. The van der Waals surface area contributed by atoms with Gasteiger partial charge < -0.3 is 19.7 Å². The van der Waals surface area contributed by atoms with Crippen molar-refractivity contribution in [3.8, 4) is 11.5 Å². The average molecular weight is 374 g/mol. The fourth-order valence-corrected chi connectivity index (χ4v) is 3.23. The summed E-state index contributed by atoms with van der Waals surface area (Å²) in [6.45, 7) is 1.09. The Morgan fingerprint density at radius 3 is 2.52 bits per heavy atom. The van der Waals surface area contributed by atoms with Gasteiger partial charge in [0.1, 0.15) is 30.4 Å². The molecule has 140 valence electrons. The second kappa shape index (κ2) is 6.86. The number of hydrogen-bond acceptors (Lipinski definition) is 4. The molecule has 27 heavy (non-hydrogen) atoms. The zero-order valence-electron chi connectivity index (χ0n) is 14.2. The first-order chi connectivity index (χ1) is 13.0. The molecule has 1 N–H and O–H groups in total. The fraction of sp³-hybridized carbons (Fsp3) is 0.263. The van der Waals surface area contributed by atoms with Gasteiger partial charge in [0.05, 0.1) is 6.04 Å². The molecule has 2 aromatic carbocycles. The molecule has 0 bridgehead atoms. The van der Waals surface area contributed by atoms with Gasteiger partial charge in [-0.1, -0.05) is 6.07 Å². The number of ether oxygens (including phenoxy) is 2. The summed E-state index contributed by atoms with van der Waals surface area (Å²) >= 11 is 0. The minimum absolute atomic E-state index is 0.0379. The molecule has 2 aliphatic rings. The Hall–Kier alpha value is -3.16. The highest BCUT2D eigenvalue weighted by Gasteiger charge is 2.33. The molecular formula is C19H16F2N2O4. The second-order valence-electron chi connectivity index (χ2n) is 6.30. The van der Waals surface area contributed by atoms with E-state index in [1.54, 1.807) is 18.2 Å². The monoisotopic (exact) mass is 374 g/mol. The minimum atomic E-state index is -0.944. The van der Waals surface area contributed by atoms with E-state index in [-0.39, 0.29) is 18.9 Å².